The molecular formula is C16H20O4. The summed E-state index contributed by atoms with van der Waals surface area (Å²) in [5.74, 6) is -0.628. The molecule has 0 heterocycles. The van der Waals surface area contributed by atoms with Gasteiger partial charge in [-0.2, -0.15) is 0 Å². The lowest BCUT2D eigenvalue weighted by atomic mass is 10.2. The number of carbonyl (C=O) groups is 2. The first-order chi connectivity index (χ1) is 9.72. The zero-order valence-electron chi connectivity index (χ0n) is 11.7. The Morgan fingerprint density at radius 1 is 1.20 bits per heavy atom. The van der Waals surface area contributed by atoms with Gasteiger partial charge < -0.3 is 9.47 Å². The predicted octanol–water partition coefficient (Wildman–Crippen LogP) is 2.63. The number of rotatable bonds is 9. The molecule has 0 aromatic heterocycles. The Kier molecular flexibility index (Phi) is 7.99. The van der Waals surface area contributed by atoms with Crippen molar-refractivity contribution in [2.45, 2.75) is 19.8 Å². The summed E-state index contributed by atoms with van der Waals surface area (Å²) in [6, 6.07) is 9.89. The summed E-state index contributed by atoms with van der Waals surface area (Å²) in [5, 5.41) is 0. The van der Waals surface area contributed by atoms with Gasteiger partial charge in [-0.25, -0.2) is 0 Å². The number of ether oxygens (including phenoxy) is 2. The number of hydrogen-bond acceptors (Lipinski definition) is 4. The summed E-state index contributed by atoms with van der Waals surface area (Å²) < 4.78 is 10.0. The van der Waals surface area contributed by atoms with Crippen molar-refractivity contribution in [3.05, 3.63) is 42.0 Å². The summed E-state index contributed by atoms with van der Waals surface area (Å²) in [6.45, 7) is 2.77. The molecule has 1 aromatic rings. The molecule has 0 amide bonds. The van der Waals surface area contributed by atoms with E-state index in [0.29, 0.717) is 19.8 Å². The van der Waals surface area contributed by atoms with Gasteiger partial charge in [-0.05, 0) is 12.5 Å². The van der Waals surface area contributed by atoms with E-state index in [-0.39, 0.29) is 18.6 Å². The highest BCUT2D eigenvalue weighted by Gasteiger charge is 2.09. The van der Waals surface area contributed by atoms with Crippen molar-refractivity contribution in [1.82, 2.24) is 0 Å². The molecule has 108 valence electrons. The third kappa shape index (κ3) is 7.48. The minimum atomic E-state index is -0.471. The van der Waals surface area contributed by atoms with E-state index in [4.69, 9.17) is 9.47 Å². The second kappa shape index (κ2) is 9.92. The topological polar surface area (TPSA) is 52.6 Å². The van der Waals surface area contributed by atoms with Crippen LogP contribution in [0.5, 0.6) is 0 Å². The van der Waals surface area contributed by atoms with Crippen LogP contribution in [0.3, 0.4) is 0 Å². The van der Waals surface area contributed by atoms with E-state index in [2.05, 4.69) is 0 Å². The van der Waals surface area contributed by atoms with Crippen molar-refractivity contribution in [3.8, 4) is 0 Å². The molecule has 0 aliphatic rings. The number of Topliss-reactive ketones (excluding diaryl/α,β-unsaturated/α-hetero) is 1. The van der Waals surface area contributed by atoms with Crippen LogP contribution < -0.4 is 0 Å². The van der Waals surface area contributed by atoms with Gasteiger partial charge in [0, 0.05) is 6.42 Å². The Bertz CT molecular complexity index is 437. The van der Waals surface area contributed by atoms with Gasteiger partial charge in [0.2, 0.25) is 0 Å². The fraction of sp³-hybridized carbons (Fsp3) is 0.375. The number of benzene rings is 1. The normalized spacial score (nSPS) is 10.7. The van der Waals surface area contributed by atoms with E-state index in [9.17, 15) is 9.59 Å². The molecule has 0 aliphatic heterocycles. The lowest BCUT2D eigenvalue weighted by Gasteiger charge is -2.02. The summed E-state index contributed by atoms with van der Waals surface area (Å²) in [7, 11) is 0. The van der Waals surface area contributed by atoms with Crippen molar-refractivity contribution in [1.29, 1.82) is 0 Å². The maximum absolute atomic E-state index is 11.4. The van der Waals surface area contributed by atoms with Crippen LogP contribution in [0.4, 0.5) is 0 Å². The van der Waals surface area contributed by atoms with Crippen LogP contribution in [0, 0.1) is 0 Å². The van der Waals surface area contributed by atoms with Crippen LogP contribution in [-0.4, -0.2) is 31.6 Å². The van der Waals surface area contributed by atoms with Crippen LogP contribution in [0.2, 0.25) is 0 Å². The maximum atomic E-state index is 11.4. The van der Waals surface area contributed by atoms with Crippen LogP contribution in [0.1, 0.15) is 25.3 Å². The third-order valence-corrected chi connectivity index (χ3v) is 2.50. The van der Waals surface area contributed by atoms with Crippen molar-refractivity contribution in [2.24, 2.45) is 0 Å². The highest BCUT2D eigenvalue weighted by molar-refractivity contribution is 5.95. The van der Waals surface area contributed by atoms with Gasteiger partial charge in [-0.1, -0.05) is 42.5 Å². The lowest BCUT2D eigenvalue weighted by molar-refractivity contribution is -0.145. The molecule has 4 heteroatoms. The van der Waals surface area contributed by atoms with Gasteiger partial charge in [-0.15, -0.1) is 0 Å². The zero-order valence-corrected chi connectivity index (χ0v) is 11.7. The molecule has 0 atom stereocenters. The average molecular weight is 276 g/mol. The first-order valence-corrected chi connectivity index (χ1v) is 6.69. The molecule has 0 saturated carbocycles. The van der Waals surface area contributed by atoms with Gasteiger partial charge in [0.25, 0.3) is 0 Å². The van der Waals surface area contributed by atoms with Crippen LogP contribution in [-0.2, 0) is 19.1 Å². The molecule has 1 aromatic carbocycles. The second-order valence-electron chi connectivity index (χ2n) is 4.16. The predicted molar refractivity (Wildman–Crippen MR) is 77.2 cm³/mol. The lowest BCUT2D eigenvalue weighted by Crippen LogP contribution is -2.12. The molecule has 0 aliphatic carbocycles. The Hall–Kier alpha value is -1.94. The summed E-state index contributed by atoms with van der Waals surface area (Å²) in [6.07, 6.45) is 3.92. The van der Waals surface area contributed by atoms with Gasteiger partial charge in [0.15, 0.2) is 0 Å². The number of ketones is 1. The van der Waals surface area contributed by atoms with Gasteiger partial charge in [0.05, 0.1) is 19.8 Å². The number of carbonyl (C=O) groups excluding carboxylic acids is 2. The molecule has 1 rings (SSSR count). The van der Waals surface area contributed by atoms with E-state index in [0.717, 1.165) is 5.56 Å². The highest BCUT2D eigenvalue weighted by atomic mass is 16.5. The molecule has 0 radical (unpaired) electrons. The minimum Gasteiger partial charge on any atom is -0.466 e. The van der Waals surface area contributed by atoms with Crippen LogP contribution in [0.15, 0.2) is 36.4 Å². The SMILES string of the molecule is CCOC(=O)CC(=O)CCOC/C=C/c1ccccc1. The highest BCUT2D eigenvalue weighted by Crippen LogP contribution is 2.01. The van der Waals surface area contributed by atoms with Crippen molar-refractivity contribution >= 4 is 17.8 Å². The fourth-order valence-electron chi connectivity index (χ4n) is 1.55. The van der Waals surface area contributed by atoms with E-state index in [1.165, 1.54) is 0 Å². The Labute approximate surface area is 119 Å². The van der Waals surface area contributed by atoms with Crippen LogP contribution >= 0.6 is 0 Å². The second-order valence-corrected chi connectivity index (χ2v) is 4.16. The van der Waals surface area contributed by atoms with E-state index in [1.54, 1.807) is 6.92 Å². The Balaban J connectivity index is 2.09. The van der Waals surface area contributed by atoms with Gasteiger partial charge in [-0.3, -0.25) is 9.59 Å². The molecule has 0 unspecified atom stereocenters. The molecule has 20 heavy (non-hydrogen) atoms. The maximum Gasteiger partial charge on any atom is 0.313 e. The number of esters is 1. The summed E-state index contributed by atoms with van der Waals surface area (Å²) in [5.41, 5.74) is 1.11. The van der Waals surface area contributed by atoms with Crippen LogP contribution in [0.25, 0.3) is 6.08 Å². The molecule has 4 nitrogen and oxygen atoms in total. The fourth-order valence-corrected chi connectivity index (χ4v) is 1.55. The largest absolute Gasteiger partial charge is 0.466 e. The third-order valence-electron chi connectivity index (χ3n) is 2.50. The first-order valence-electron chi connectivity index (χ1n) is 6.69. The minimum absolute atomic E-state index is 0.157. The van der Waals surface area contributed by atoms with E-state index >= 15 is 0 Å². The average Bonchev–Trinajstić information content (AvgIpc) is 2.44. The van der Waals surface area contributed by atoms with E-state index in [1.807, 2.05) is 42.5 Å². The molecule has 0 saturated heterocycles. The smallest absolute Gasteiger partial charge is 0.313 e. The molecule has 0 spiro atoms. The van der Waals surface area contributed by atoms with E-state index < -0.39 is 5.97 Å². The molecular weight excluding hydrogens is 256 g/mol. The standard InChI is InChI=1S/C16H20O4/c1-2-20-16(18)13-15(17)10-12-19-11-6-9-14-7-4-3-5-8-14/h3-9H,2,10-13H2,1H3/b9-6+. The molecule has 0 N–H and O–H groups in total. The molecule has 0 fully saturated rings. The first kappa shape index (κ1) is 16.1. The van der Waals surface area contributed by atoms with Crippen molar-refractivity contribution in [2.75, 3.05) is 19.8 Å². The molecule has 0 bridgehead atoms. The Morgan fingerprint density at radius 2 is 1.95 bits per heavy atom. The van der Waals surface area contributed by atoms with Crippen molar-refractivity contribution < 1.29 is 19.1 Å². The van der Waals surface area contributed by atoms with Gasteiger partial charge in [0.1, 0.15) is 12.2 Å². The van der Waals surface area contributed by atoms with Gasteiger partial charge >= 0.3 is 5.97 Å². The zero-order chi connectivity index (χ0) is 14.6. The number of hydrogen-bond donors (Lipinski definition) is 0. The summed E-state index contributed by atoms with van der Waals surface area (Å²) in [4.78, 5) is 22.4. The summed E-state index contributed by atoms with van der Waals surface area (Å²) >= 11 is 0. The van der Waals surface area contributed by atoms with Crippen molar-refractivity contribution in [3.63, 3.8) is 0 Å². The quantitative estimate of drug-likeness (QED) is 0.395. The monoisotopic (exact) mass is 276 g/mol. The Morgan fingerprint density at radius 3 is 2.65 bits per heavy atom.